The van der Waals surface area contributed by atoms with Crippen molar-refractivity contribution in [1.82, 2.24) is 14.6 Å². The van der Waals surface area contributed by atoms with Crippen molar-refractivity contribution in [1.29, 1.82) is 0 Å². The standard InChI is InChI=1S/C24H19ClFN3O/c1-2-20-23(14-6-8-18(26)9-7-14)24-27-21-11-16(15-4-3-5-17(25)10-15)12-22(30)19(21)13-29(24)28-20/h3-10,13,16H,2,11-12H2,1H3. The highest BCUT2D eigenvalue weighted by Gasteiger charge is 2.29. The molecule has 4 nitrogen and oxygen atoms in total. The van der Waals surface area contributed by atoms with Gasteiger partial charge in [-0.15, -0.1) is 0 Å². The average molecular weight is 420 g/mol. The van der Waals surface area contributed by atoms with Gasteiger partial charge in [-0.2, -0.15) is 5.10 Å². The SMILES string of the molecule is CCc1nn2cc3c(nc2c1-c1ccc(F)cc1)CC(c1cccc(Cl)c1)CC3=O. The number of hydrogen-bond acceptors (Lipinski definition) is 3. The number of fused-ring (bicyclic) bond motifs is 2. The van der Waals surface area contributed by atoms with E-state index in [0.717, 1.165) is 28.1 Å². The van der Waals surface area contributed by atoms with E-state index in [4.69, 9.17) is 16.6 Å². The fraction of sp³-hybridized carbons (Fsp3) is 0.208. The summed E-state index contributed by atoms with van der Waals surface area (Å²) in [6, 6.07) is 14.0. The summed E-state index contributed by atoms with van der Waals surface area (Å²) in [5.74, 6) is -0.178. The molecule has 6 heteroatoms. The molecule has 0 saturated carbocycles. The second-order valence-electron chi connectivity index (χ2n) is 7.63. The van der Waals surface area contributed by atoms with Crippen molar-refractivity contribution in [3.63, 3.8) is 0 Å². The molecule has 1 aliphatic carbocycles. The predicted molar refractivity (Wildman–Crippen MR) is 115 cm³/mol. The lowest BCUT2D eigenvalue weighted by molar-refractivity contribution is 0.0962. The molecule has 1 unspecified atom stereocenters. The molecule has 1 atom stereocenters. The molecule has 0 spiro atoms. The van der Waals surface area contributed by atoms with E-state index in [1.165, 1.54) is 12.1 Å². The van der Waals surface area contributed by atoms with Crippen molar-refractivity contribution in [3.05, 3.63) is 88.1 Å². The number of benzene rings is 2. The van der Waals surface area contributed by atoms with E-state index in [1.54, 1.807) is 22.8 Å². The summed E-state index contributed by atoms with van der Waals surface area (Å²) in [5, 5.41) is 5.32. The van der Waals surface area contributed by atoms with Crippen LogP contribution in [0, 0.1) is 5.82 Å². The summed E-state index contributed by atoms with van der Waals surface area (Å²) < 4.78 is 15.1. The molecule has 2 aromatic carbocycles. The summed E-state index contributed by atoms with van der Waals surface area (Å²) in [5.41, 5.74) is 5.75. The maximum absolute atomic E-state index is 13.4. The molecule has 0 radical (unpaired) electrons. The zero-order valence-corrected chi connectivity index (χ0v) is 17.2. The largest absolute Gasteiger partial charge is 0.294 e. The van der Waals surface area contributed by atoms with Crippen LogP contribution in [-0.2, 0) is 12.8 Å². The number of rotatable bonds is 3. The second-order valence-corrected chi connectivity index (χ2v) is 8.07. The molecule has 0 aliphatic heterocycles. The number of nitrogens with zero attached hydrogens (tertiary/aromatic N) is 3. The first-order chi connectivity index (χ1) is 14.5. The lowest BCUT2D eigenvalue weighted by Crippen LogP contribution is -2.21. The number of Topliss-reactive ketones (excluding diaryl/α,β-unsaturated/α-hetero) is 1. The van der Waals surface area contributed by atoms with E-state index in [-0.39, 0.29) is 17.5 Å². The zero-order chi connectivity index (χ0) is 20.8. The number of aryl methyl sites for hydroxylation is 1. The van der Waals surface area contributed by atoms with Crippen LogP contribution < -0.4 is 0 Å². The number of ketones is 1. The van der Waals surface area contributed by atoms with Crippen molar-refractivity contribution in [2.45, 2.75) is 32.1 Å². The minimum Gasteiger partial charge on any atom is -0.294 e. The molecule has 0 amide bonds. The van der Waals surface area contributed by atoms with Gasteiger partial charge in [-0.25, -0.2) is 13.9 Å². The molecule has 150 valence electrons. The molecule has 1 aliphatic rings. The Morgan fingerprint density at radius 3 is 2.70 bits per heavy atom. The van der Waals surface area contributed by atoms with Crippen LogP contribution in [0.4, 0.5) is 4.39 Å². The van der Waals surface area contributed by atoms with Gasteiger partial charge in [0.15, 0.2) is 11.4 Å². The molecule has 4 aromatic rings. The Hall–Kier alpha value is -3.05. The van der Waals surface area contributed by atoms with Crippen molar-refractivity contribution >= 4 is 23.0 Å². The van der Waals surface area contributed by atoms with Gasteiger partial charge < -0.3 is 0 Å². The number of carbonyl (C=O) groups is 1. The molecule has 0 N–H and O–H groups in total. The van der Waals surface area contributed by atoms with Crippen LogP contribution >= 0.6 is 11.6 Å². The summed E-state index contributed by atoms with van der Waals surface area (Å²) in [6.45, 7) is 2.02. The van der Waals surface area contributed by atoms with E-state index in [1.807, 2.05) is 31.2 Å². The highest BCUT2D eigenvalue weighted by Crippen LogP contribution is 2.35. The molecule has 0 fully saturated rings. The number of carbonyl (C=O) groups excluding carboxylic acids is 1. The number of aromatic nitrogens is 3. The molecule has 0 saturated heterocycles. The number of hydrogen-bond donors (Lipinski definition) is 0. The van der Waals surface area contributed by atoms with Gasteiger partial charge in [0.2, 0.25) is 0 Å². The Balaban J connectivity index is 1.65. The van der Waals surface area contributed by atoms with Gasteiger partial charge >= 0.3 is 0 Å². The first-order valence-corrected chi connectivity index (χ1v) is 10.4. The molecule has 0 bridgehead atoms. The molecule has 2 aromatic heterocycles. The summed E-state index contributed by atoms with van der Waals surface area (Å²) in [7, 11) is 0. The molecule has 30 heavy (non-hydrogen) atoms. The van der Waals surface area contributed by atoms with Crippen molar-refractivity contribution in [3.8, 4) is 11.1 Å². The van der Waals surface area contributed by atoms with Gasteiger partial charge in [-0.3, -0.25) is 4.79 Å². The van der Waals surface area contributed by atoms with Crippen LogP contribution in [0.2, 0.25) is 5.02 Å². The average Bonchev–Trinajstić information content (AvgIpc) is 3.10. The van der Waals surface area contributed by atoms with E-state index in [0.29, 0.717) is 35.5 Å². The zero-order valence-electron chi connectivity index (χ0n) is 16.4. The van der Waals surface area contributed by atoms with Crippen LogP contribution in [-0.4, -0.2) is 20.4 Å². The van der Waals surface area contributed by atoms with Crippen LogP contribution in [0.3, 0.4) is 0 Å². The van der Waals surface area contributed by atoms with Crippen LogP contribution in [0.1, 0.15) is 46.6 Å². The Morgan fingerprint density at radius 1 is 1.17 bits per heavy atom. The van der Waals surface area contributed by atoms with Gasteiger partial charge in [-0.1, -0.05) is 42.8 Å². The fourth-order valence-electron chi connectivity index (χ4n) is 4.24. The first-order valence-electron chi connectivity index (χ1n) is 9.99. The van der Waals surface area contributed by atoms with Crippen LogP contribution in [0.15, 0.2) is 54.7 Å². The Bertz CT molecular complexity index is 1280. The minimum atomic E-state index is -0.284. The Kier molecular flexibility index (Phi) is 4.63. The number of halogens is 2. The lowest BCUT2D eigenvalue weighted by Gasteiger charge is -2.23. The van der Waals surface area contributed by atoms with E-state index < -0.39 is 0 Å². The molecule has 5 rings (SSSR count). The van der Waals surface area contributed by atoms with E-state index >= 15 is 0 Å². The summed E-state index contributed by atoms with van der Waals surface area (Å²) >= 11 is 6.16. The fourth-order valence-corrected chi connectivity index (χ4v) is 4.44. The maximum Gasteiger partial charge on any atom is 0.166 e. The van der Waals surface area contributed by atoms with Crippen molar-refractivity contribution < 1.29 is 9.18 Å². The first kappa shape index (κ1) is 18.9. The van der Waals surface area contributed by atoms with Crippen molar-refractivity contribution in [2.75, 3.05) is 0 Å². The van der Waals surface area contributed by atoms with E-state index in [2.05, 4.69) is 5.10 Å². The van der Waals surface area contributed by atoms with Gasteiger partial charge in [0, 0.05) is 23.2 Å². The third-order valence-corrected chi connectivity index (χ3v) is 5.96. The topological polar surface area (TPSA) is 47.3 Å². The van der Waals surface area contributed by atoms with Gasteiger partial charge in [-0.05, 0) is 54.2 Å². The monoisotopic (exact) mass is 419 g/mol. The highest BCUT2D eigenvalue weighted by atomic mass is 35.5. The van der Waals surface area contributed by atoms with Crippen LogP contribution in [0.5, 0.6) is 0 Å². The lowest BCUT2D eigenvalue weighted by atomic mass is 9.82. The smallest absolute Gasteiger partial charge is 0.166 e. The van der Waals surface area contributed by atoms with Gasteiger partial charge in [0.1, 0.15) is 5.82 Å². The molecular weight excluding hydrogens is 401 g/mol. The third kappa shape index (κ3) is 3.19. The van der Waals surface area contributed by atoms with Crippen LogP contribution in [0.25, 0.3) is 16.8 Å². The summed E-state index contributed by atoms with van der Waals surface area (Å²) in [6.07, 6.45) is 3.58. The quantitative estimate of drug-likeness (QED) is 0.430. The van der Waals surface area contributed by atoms with Gasteiger partial charge in [0.25, 0.3) is 0 Å². The predicted octanol–water partition coefficient (Wildman–Crippen LogP) is 5.66. The Labute approximate surface area is 178 Å². The maximum atomic E-state index is 13.4. The third-order valence-electron chi connectivity index (χ3n) is 5.72. The minimum absolute atomic E-state index is 0.0430. The molecular formula is C24H19ClFN3O. The summed E-state index contributed by atoms with van der Waals surface area (Å²) in [4.78, 5) is 17.8. The highest BCUT2D eigenvalue weighted by molar-refractivity contribution is 6.30. The van der Waals surface area contributed by atoms with Crippen molar-refractivity contribution in [2.24, 2.45) is 0 Å². The van der Waals surface area contributed by atoms with Gasteiger partial charge in [0.05, 0.1) is 17.0 Å². The molecule has 2 heterocycles. The Morgan fingerprint density at radius 2 is 1.97 bits per heavy atom. The van der Waals surface area contributed by atoms with E-state index in [9.17, 15) is 9.18 Å². The normalized spacial score (nSPS) is 16.1. The second kappa shape index (κ2) is 7.33.